The number of amides is 5. The Kier molecular flexibility index (Phi) is 11.6. The van der Waals surface area contributed by atoms with Crippen LogP contribution in [-0.2, 0) is 36.8 Å². The van der Waals surface area contributed by atoms with Crippen LogP contribution < -0.4 is 16.0 Å². The number of alkyl carbamates (subject to hydrolysis) is 1. The monoisotopic (exact) mass is 671 g/mol. The number of likely N-dealkylation sites (tertiary alicyclic amines) is 1. The van der Waals surface area contributed by atoms with Gasteiger partial charge in [-0.3, -0.25) is 14.4 Å². The van der Waals surface area contributed by atoms with E-state index in [0.717, 1.165) is 18.4 Å². The van der Waals surface area contributed by atoms with E-state index in [0.29, 0.717) is 32.4 Å². The van der Waals surface area contributed by atoms with Gasteiger partial charge in [0.25, 0.3) is 5.91 Å². The normalized spacial score (nSPS) is 21.3. The van der Waals surface area contributed by atoms with E-state index in [-0.39, 0.29) is 19.0 Å². The van der Waals surface area contributed by atoms with Crippen molar-refractivity contribution < 1.29 is 38.6 Å². The van der Waals surface area contributed by atoms with Gasteiger partial charge in [0.1, 0.15) is 23.8 Å². The summed E-state index contributed by atoms with van der Waals surface area (Å²) in [4.78, 5) is 70.0. The fourth-order valence-corrected chi connectivity index (χ4v) is 6.08. The van der Waals surface area contributed by atoms with Gasteiger partial charge in [-0.25, -0.2) is 9.59 Å². The number of rotatable bonds is 10. The maximum atomic E-state index is 14.3. The van der Waals surface area contributed by atoms with Gasteiger partial charge in [0.05, 0.1) is 12.6 Å². The molecule has 0 bridgehead atoms. The quantitative estimate of drug-likeness (QED) is 0.295. The van der Waals surface area contributed by atoms with Gasteiger partial charge in [-0.1, -0.05) is 58.4 Å². The van der Waals surface area contributed by atoms with Crippen molar-refractivity contribution in [2.24, 2.45) is 5.41 Å². The average Bonchev–Trinajstić information content (AvgIpc) is 3.72. The van der Waals surface area contributed by atoms with Gasteiger partial charge in [-0.2, -0.15) is 0 Å². The maximum Gasteiger partial charge on any atom is 0.410 e. The second kappa shape index (κ2) is 15.1. The molecule has 2 heterocycles. The molecule has 13 heteroatoms. The first-order valence-corrected chi connectivity index (χ1v) is 17.1. The highest BCUT2D eigenvalue weighted by molar-refractivity contribution is 5.93. The van der Waals surface area contributed by atoms with Crippen LogP contribution in [0.2, 0.25) is 0 Å². The largest absolute Gasteiger partial charge is 0.444 e. The summed E-state index contributed by atoms with van der Waals surface area (Å²) in [6.07, 6.45) is -0.336. The van der Waals surface area contributed by atoms with Crippen LogP contribution in [-0.4, -0.2) is 99.9 Å². The molecule has 4 N–H and O–H groups in total. The van der Waals surface area contributed by atoms with Crippen molar-refractivity contribution in [2.75, 3.05) is 13.1 Å². The van der Waals surface area contributed by atoms with E-state index in [1.807, 2.05) is 31.2 Å². The summed E-state index contributed by atoms with van der Waals surface area (Å²) in [6.45, 7) is 13.2. The van der Waals surface area contributed by atoms with Crippen LogP contribution in [0.3, 0.4) is 0 Å². The Morgan fingerprint density at radius 3 is 2.27 bits per heavy atom. The summed E-state index contributed by atoms with van der Waals surface area (Å²) < 4.78 is 11.4. The lowest BCUT2D eigenvalue weighted by Gasteiger charge is -2.36. The third-order valence-corrected chi connectivity index (χ3v) is 8.78. The van der Waals surface area contributed by atoms with Crippen molar-refractivity contribution in [3.63, 3.8) is 0 Å². The molecule has 48 heavy (non-hydrogen) atoms. The average molecular weight is 672 g/mol. The van der Waals surface area contributed by atoms with Gasteiger partial charge in [0.2, 0.25) is 11.8 Å². The fraction of sp³-hybridized carbons (Fsp3) is 0.686. The topological polar surface area (TPSA) is 167 Å². The lowest BCUT2D eigenvalue weighted by atomic mass is 9.85. The van der Waals surface area contributed by atoms with E-state index in [4.69, 9.17) is 9.47 Å². The third-order valence-electron chi connectivity index (χ3n) is 8.78. The molecule has 5 atom stereocenters. The third kappa shape index (κ3) is 9.83. The van der Waals surface area contributed by atoms with Crippen molar-refractivity contribution in [3.05, 3.63) is 35.4 Å². The molecular weight excluding hydrogens is 618 g/mol. The SMILES string of the molecule is CCCC(NC(=O)[C@@H]1C[C@@H](OC(=O)N2CCc3ccccc3C2)CN1C(=O)[C@@H](NC(=O)OC(C)(C)C)C(C)(C)C)C(O)C(=O)NC1CC1. The van der Waals surface area contributed by atoms with Crippen molar-refractivity contribution in [3.8, 4) is 0 Å². The number of aliphatic hydroxyl groups is 1. The minimum atomic E-state index is -1.48. The maximum absolute atomic E-state index is 14.3. The first-order valence-electron chi connectivity index (χ1n) is 17.1. The zero-order chi connectivity index (χ0) is 35.4. The molecule has 266 valence electrons. The Balaban J connectivity index is 1.54. The molecule has 1 aromatic rings. The Morgan fingerprint density at radius 1 is 1.00 bits per heavy atom. The molecule has 1 saturated carbocycles. The molecule has 1 aliphatic carbocycles. The van der Waals surface area contributed by atoms with Gasteiger partial charge in [-0.05, 0) is 63.0 Å². The summed E-state index contributed by atoms with van der Waals surface area (Å²) in [7, 11) is 0. The highest BCUT2D eigenvalue weighted by Gasteiger charge is 2.47. The van der Waals surface area contributed by atoms with E-state index < -0.39 is 71.3 Å². The summed E-state index contributed by atoms with van der Waals surface area (Å²) in [5.74, 6) is -1.69. The van der Waals surface area contributed by atoms with Crippen molar-refractivity contribution in [1.29, 1.82) is 0 Å². The van der Waals surface area contributed by atoms with Crippen LogP contribution >= 0.6 is 0 Å². The smallest absolute Gasteiger partial charge is 0.410 e. The number of nitrogens with zero attached hydrogens (tertiary/aromatic N) is 2. The van der Waals surface area contributed by atoms with E-state index in [9.17, 15) is 29.1 Å². The fourth-order valence-electron chi connectivity index (χ4n) is 6.08. The van der Waals surface area contributed by atoms with E-state index in [1.54, 1.807) is 46.4 Å². The van der Waals surface area contributed by atoms with Crippen molar-refractivity contribution in [2.45, 2.75) is 136 Å². The molecule has 2 aliphatic heterocycles. The summed E-state index contributed by atoms with van der Waals surface area (Å²) >= 11 is 0. The molecule has 3 aliphatic rings. The Hall–Kier alpha value is -3.87. The van der Waals surface area contributed by atoms with Gasteiger partial charge in [0.15, 0.2) is 6.10 Å². The number of carbonyl (C=O) groups excluding carboxylic acids is 5. The molecule has 0 radical (unpaired) electrons. The van der Waals surface area contributed by atoms with Crippen LogP contribution in [0, 0.1) is 5.41 Å². The van der Waals surface area contributed by atoms with Crippen LogP contribution in [0.25, 0.3) is 0 Å². The Labute approximate surface area is 283 Å². The van der Waals surface area contributed by atoms with Crippen LogP contribution in [0.15, 0.2) is 24.3 Å². The molecule has 2 unspecified atom stereocenters. The molecule has 2 fully saturated rings. The Morgan fingerprint density at radius 2 is 1.67 bits per heavy atom. The lowest BCUT2D eigenvalue weighted by molar-refractivity contribution is -0.143. The number of carbonyl (C=O) groups is 5. The lowest BCUT2D eigenvalue weighted by Crippen LogP contribution is -2.59. The van der Waals surface area contributed by atoms with Crippen LogP contribution in [0.1, 0.15) is 91.7 Å². The summed E-state index contributed by atoms with van der Waals surface area (Å²) in [6, 6.07) is 4.85. The highest BCUT2D eigenvalue weighted by atomic mass is 16.6. The first-order chi connectivity index (χ1) is 22.5. The zero-order valence-electron chi connectivity index (χ0n) is 29.3. The molecule has 13 nitrogen and oxygen atoms in total. The highest BCUT2D eigenvalue weighted by Crippen LogP contribution is 2.29. The number of ether oxygens (including phenoxy) is 2. The van der Waals surface area contributed by atoms with Gasteiger partial charge in [0, 0.05) is 25.6 Å². The standard InChI is InChI=1S/C35H53N5O8/c1-8-11-25(27(41)30(43)36-23-14-15-23)37-29(42)26-18-24(47-33(46)39-17-16-21-12-9-10-13-22(21)19-39)20-40(26)31(44)28(34(2,3)4)38-32(45)48-35(5,6)7/h9-10,12-13,23-28,41H,8,11,14-20H2,1-7H3,(H,36,43)(H,37,42)(H,38,45)/t24-,25?,26+,27?,28-/m1/s1. The van der Waals surface area contributed by atoms with Gasteiger partial charge in [-0.15, -0.1) is 0 Å². The molecule has 0 aromatic heterocycles. The molecule has 5 amide bonds. The number of hydrogen-bond donors (Lipinski definition) is 4. The molecule has 1 saturated heterocycles. The number of fused-ring (bicyclic) bond motifs is 1. The van der Waals surface area contributed by atoms with E-state index in [2.05, 4.69) is 16.0 Å². The van der Waals surface area contributed by atoms with Crippen LogP contribution in [0.4, 0.5) is 9.59 Å². The second-order valence-corrected chi connectivity index (χ2v) is 15.3. The second-order valence-electron chi connectivity index (χ2n) is 15.3. The summed E-state index contributed by atoms with van der Waals surface area (Å²) in [5, 5.41) is 19.2. The number of nitrogens with one attached hydrogen (secondary N) is 3. The molecular formula is C35H53N5O8. The number of aliphatic hydroxyl groups excluding tert-OH is 1. The van der Waals surface area contributed by atoms with Crippen LogP contribution in [0.5, 0.6) is 0 Å². The van der Waals surface area contributed by atoms with Gasteiger partial charge < -0.3 is 40.3 Å². The Bertz CT molecular complexity index is 1350. The summed E-state index contributed by atoms with van der Waals surface area (Å²) in [5.41, 5.74) is 0.623. The zero-order valence-corrected chi connectivity index (χ0v) is 29.3. The molecule has 4 rings (SSSR count). The van der Waals surface area contributed by atoms with E-state index in [1.165, 1.54) is 10.5 Å². The first kappa shape index (κ1) is 37.0. The number of hydrogen-bond acceptors (Lipinski definition) is 8. The molecule has 0 spiro atoms. The van der Waals surface area contributed by atoms with Crippen molar-refractivity contribution >= 4 is 29.9 Å². The molecule has 1 aromatic carbocycles. The minimum absolute atomic E-state index is 0.000249. The van der Waals surface area contributed by atoms with Crippen molar-refractivity contribution in [1.82, 2.24) is 25.8 Å². The minimum Gasteiger partial charge on any atom is -0.444 e. The van der Waals surface area contributed by atoms with Gasteiger partial charge >= 0.3 is 12.2 Å². The predicted octanol–water partition coefficient (Wildman–Crippen LogP) is 3.01. The van der Waals surface area contributed by atoms with E-state index >= 15 is 0 Å². The predicted molar refractivity (Wildman–Crippen MR) is 178 cm³/mol. The number of benzene rings is 1.